The Kier molecular flexibility index (Phi) is 1.93. The van der Waals surface area contributed by atoms with Crippen LogP contribution in [0.1, 0.15) is 0 Å². The molecule has 0 saturated heterocycles. The lowest BCUT2D eigenvalue weighted by Gasteiger charge is -2.12. The van der Waals surface area contributed by atoms with Crippen molar-refractivity contribution in [2.75, 3.05) is 25.7 Å². The first-order valence-electron chi connectivity index (χ1n) is 4.21. The number of fused-ring (bicyclic) bond motifs is 1. The Morgan fingerprint density at radius 2 is 2.23 bits per heavy atom. The van der Waals surface area contributed by atoms with E-state index in [1.807, 2.05) is 20.2 Å². The first kappa shape index (κ1) is 8.10. The molecule has 0 unspecified atom stereocenters. The van der Waals surface area contributed by atoms with Crippen LogP contribution in [0.3, 0.4) is 0 Å². The molecule has 0 atom stereocenters. The van der Waals surface area contributed by atoms with E-state index in [9.17, 15) is 0 Å². The van der Waals surface area contributed by atoms with Gasteiger partial charge >= 0.3 is 0 Å². The fourth-order valence-corrected chi connectivity index (χ4v) is 1.28. The summed E-state index contributed by atoms with van der Waals surface area (Å²) in [5, 5.41) is 2.06. The summed E-state index contributed by atoms with van der Waals surface area (Å²) in [4.78, 5) is 6.32. The average Bonchev–Trinajstić information content (AvgIpc) is 2.17. The van der Waals surface area contributed by atoms with Crippen molar-refractivity contribution in [2.45, 2.75) is 0 Å². The molecule has 0 aliphatic carbocycles. The predicted octanol–water partition coefficient (Wildman–Crippen LogP) is 0.0979. The fraction of sp³-hybridized carbons (Fsp3) is 0.300. The standard InChI is InChI=1S/C10H12N2O/c1-12(2)9-4-3-8-6-13-7-11-10(8)5-9/h3-6H,7H2,1-2H3. The first-order chi connectivity index (χ1) is 6.27. The number of ether oxygens (including phenoxy) is 1. The highest BCUT2D eigenvalue weighted by molar-refractivity contribution is 5.45. The van der Waals surface area contributed by atoms with Gasteiger partial charge in [-0.3, -0.25) is 0 Å². The first-order valence-corrected chi connectivity index (χ1v) is 4.21. The van der Waals surface area contributed by atoms with Crippen molar-refractivity contribution < 1.29 is 4.74 Å². The second-order valence-electron chi connectivity index (χ2n) is 3.21. The minimum atomic E-state index is 0.434. The van der Waals surface area contributed by atoms with Gasteiger partial charge < -0.3 is 9.64 Å². The summed E-state index contributed by atoms with van der Waals surface area (Å²) >= 11 is 0. The van der Waals surface area contributed by atoms with Gasteiger partial charge in [0.25, 0.3) is 0 Å². The van der Waals surface area contributed by atoms with Crippen LogP contribution in [0.25, 0.3) is 6.26 Å². The van der Waals surface area contributed by atoms with Crippen LogP contribution in [0.4, 0.5) is 5.69 Å². The molecule has 0 radical (unpaired) electrons. The van der Waals surface area contributed by atoms with Crippen molar-refractivity contribution in [3.05, 3.63) is 28.8 Å². The highest BCUT2D eigenvalue weighted by Crippen LogP contribution is 2.04. The Balaban J connectivity index is 2.60. The lowest BCUT2D eigenvalue weighted by Crippen LogP contribution is -2.29. The molecular weight excluding hydrogens is 164 g/mol. The van der Waals surface area contributed by atoms with Crippen molar-refractivity contribution in [3.8, 4) is 0 Å². The van der Waals surface area contributed by atoms with Crippen LogP contribution < -0.4 is 15.5 Å². The van der Waals surface area contributed by atoms with Gasteiger partial charge in [-0.15, -0.1) is 0 Å². The zero-order valence-electron chi connectivity index (χ0n) is 7.82. The van der Waals surface area contributed by atoms with Crippen LogP contribution in [0.15, 0.2) is 23.2 Å². The molecule has 0 aromatic heterocycles. The third kappa shape index (κ3) is 1.49. The van der Waals surface area contributed by atoms with Gasteiger partial charge in [0.15, 0.2) is 6.73 Å². The third-order valence-corrected chi connectivity index (χ3v) is 2.05. The Hall–Kier alpha value is -1.51. The summed E-state index contributed by atoms with van der Waals surface area (Å²) in [6.07, 6.45) is 1.75. The van der Waals surface area contributed by atoms with Crippen molar-refractivity contribution in [3.63, 3.8) is 0 Å². The molecule has 2 rings (SSSR count). The Labute approximate surface area is 77.0 Å². The van der Waals surface area contributed by atoms with Crippen LogP contribution >= 0.6 is 0 Å². The lowest BCUT2D eigenvalue weighted by atomic mass is 10.2. The Bertz CT molecular complexity index is 423. The number of nitrogens with zero attached hydrogens (tertiary/aromatic N) is 2. The maximum Gasteiger partial charge on any atom is 0.178 e. The predicted molar refractivity (Wildman–Crippen MR) is 52.0 cm³/mol. The molecule has 1 heterocycles. The van der Waals surface area contributed by atoms with Gasteiger partial charge in [0, 0.05) is 25.0 Å². The smallest absolute Gasteiger partial charge is 0.178 e. The summed E-state index contributed by atoms with van der Waals surface area (Å²) in [6, 6.07) is 6.14. The van der Waals surface area contributed by atoms with E-state index in [4.69, 9.17) is 4.74 Å². The molecule has 3 nitrogen and oxygen atoms in total. The maximum atomic E-state index is 5.09. The molecule has 3 heteroatoms. The maximum absolute atomic E-state index is 5.09. The van der Waals surface area contributed by atoms with E-state index in [1.54, 1.807) is 6.26 Å². The van der Waals surface area contributed by atoms with E-state index in [1.165, 1.54) is 0 Å². The van der Waals surface area contributed by atoms with Crippen LogP contribution in [0.5, 0.6) is 0 Å². The quantitative estimate of drug-likeness (QED) is 0.606. The van der Waals surface area contributed by atoms with Gasteiger partial charge in [0.1, 0.15) is 0 Å². The molecular formula is C10H12N2O. The summed E-state index contributed by atoms with van der Waals surface area (Å²) in [7, 11) is 4.04. The zero-order chi connectivity index (χ0) is 9.26. The van der Waals surface area contributed by atoms with Gasteiger partial charge in [-0.1, -0.05) is 0 Å². The van der Waals surface area contributed by atoms with E-state index in [-0.39, 0.29) is 0 Å². The number of benzene rings is 1. The molecule has 0 amide bonds. The van der Waals surface area contributed by atoms with Crippen LogP contribution in [0, 0.1) is 0 Å². The zero-order valence-corrected chi connectivity index (χ0v) is 7.82. The van der Waals surface area contributed by atoms with Gasteiger partial charge in [0.05, 0.1) is 11.6 Å². The van der Waals surface area contributed by atoms with Crippen LogP contribution in [-0.4, -0.2) is 20.8 Å². The normalized spacial score (nSPS) is 13.4. The van der Waals surface area contributed by atoms with Crippen LogP contribution in [-0.2, 0) is 4.74 Å². The second kappa shape index (κ2) is 3.09. The lowest BCUT2D eigenvalue weighted by molar-refractivity contribution is 0.296. The molecule has 68 valence electrons. The average molecular weight is 176 g/mol. The van der Waals surface area contributed by atoms with Crippen molar-refractivity contribution in [1.82, 2.24) is 0 Å². The molecule has 13 heavy (non-hydrogen) atoms. The molecule has 1 aliphatic heterocycles. The summed E-state index contributed by atoms with van der Waals surface area (Å²) in [6.45, 7) is 0.434. The topological polar surface area (TPSA) is 24.8 Å². The molecule has 1 aromatic rings. The van der Waals surface area contributed by atoms with E-state index in [2.05, 4.69) is 22.0 Å². The summed E-state index contributed by atoms with van der Waals surface area (Å²) in [5.41, 5.74) is 1.16. The molecule has 0 fully saturated rings. The number of hydrogen-bond acceptors (Lipinski definition) is 3. The molecule has 0 saturated carbocycles. The number of anilines is 1. The number of rotatable bonds is 1. The molecule has 1 aromatic carbocycles. The van der Waals surface area contributed by atoms with Gasteiger partial charge in [-0.25, -0.2) is 4.99 Å². The van der Waals surface area contributed by atoms with Gasteiger partial charge in [-0.05, 0) is 18.2 Å². The second-order valence-corrected chi connectivity index (χ2v) is 3.21. The van der Waals surface area contributed by atoms with E-state index in [0.29, 0.717) is 6.73 Å². The number of hydrogen-bond donors (Lipinski definition) is 0. The van der Waals surface area contributed by atoms with Gasteiger partial charge in [0.2, 0.25) is 0 Å². The minimum absolute atomic E-state index is 0.434. The van der Waals surface area contributed by atoms with Crippen molar-refractivity contribution in [1.29, 1.82) is 0 Å². The van der Waals surface area contributed by atoms with E-state index >= 15 is 0 Å². The Morgan fingerprint density at radius 3 is 3.00 bits per heavy atom. The summed E-state index contributed by atoms with van der Waals surface area (Å²) < 4.78 is 5.09. The van der Waals surface area contributed by atoms with Crippen molar-refractivity contribution in [2.24, 2.45) is 4.99 Å². The fourth-order valence-electron chi connectivity index (χ4n) is 1.28. The Morgan fingerprint density at radius 1 is 1.38 bits per heavy atom. The monoisotopic (exact) mass is 176 g/mol. The van der Waals surface area contributed by atoms with Crippen LogP contribution in [0.2, 0.25) is 0 Å². The van der Waals surface area contributed by atoms with Gasteiger partial charge in [-0.2, -0.15) is 0 Å². The SMILES string of the molecule is CN(C)c1ccc2c(c1)=NCOC=2. The third-order valence-electron chi connectivity index (χ3n) is 2.05. The molecule has 0 spiro atoms. The van der Waals surface area contributed by atoms with E-state index in [0.717, 1.165) is 16.3 Å². The largest absolute Gasteiger partial charge is 0.478 e. The van der Waals surface area contributed by atoms with E-state index < -0.39 is 0 Å². The highest BCUT2D eigenvalue weighted by atomic mass is 16.5. The minimum Gasteiger partial charge on any atom is -0.478 e. The molecule has 0 N–H and O–H groups in total. The highest BCUT2D eigenvalue weighted by Gasteiger charge is 1.98. The molecule has 0 bridgehead atoms. The van der Waals surface area contributed by atoms with Crippen molar-refractivity contribution >= 4 is 11.9 Å². The summed E-state index contributed by atoms with van der Waals surface area (Å²) in [5.74, 6) is 0. The molecule has 1 aliphatic rings.